The van der Waals surface area contributed by atoms with Gasteiger partial charge in [-0.25, -0.2) is 13.2 Å². The zero-order valence-corrected chi connectivity index (χ0v) is 9.93. The fourth-order valence-electron chi connectivity index (χ4n) is 1.52. The maximum Gasteiger partial charge on any atom is 0.305 e. The van der Waals surface area contributed by atoms with Gasteiger partial charge < -0.3 is 10.5 Å². The minimum absolute atomic E-state index is 0.0456. The van der Waals surface area contributed by atoms with Crippen molar-refractivity contribution in [3.05, 3.63) is 29.1 Å². The van der Waals surface area contributed by atoms with Crippen LogP contribution in [0, 0.1) is 17.5 Å². The highest BCUT2D eigenvalue weighted by Crippen LogP contribution is 2.23. The summed E-state index contributed by atoms with van der Waals surface area (Å²) < 4.78 is 44.1. The Kier molecular flexibility index (Phi) is 5.00. The third kappa shape index (κ3) is 3.38. The predicted octanol–water partition coefficient (Wildman–Crippen LogP) is 2.57. The summed E-state index contributed by atoms with van der Waals surface area (Å²) in [5.41, 5.74) is 4.20. The van der Waals surface area contributed by atoms with Crippen molar-refractivity contribution in [1.29, 1.82) is 0 Å². The van der Waals surface area contributed by atoms with Gasteiger partial charge >= 0.3 is 5.97 Å². The summed E-state index contributed by atoms with van der Waals surface area (Å²) in [5, 5.41) is 0. The standard InChI is InChI=1S/C12H14F3NO2/c1-2-18-9(17)5-3-4-7-6-8(13)11(15)12(16)10(7)14/h6H,2-5,16H2,1H3. The smallest absolute Gasteiger partial charge is 0.305 e. The molecule has 0 amide bonds. The maximum absolute atomic E-state index is 13.5. The molecular formula is C12H14F3NO2. The number of nitrogens with two attached hydrogens (primary N) is 1. The van der Waals surface area contributed by atoms with Crippen LogP contribution in [0.2, 0.25) is 0 Å². The molecule has 0 spiro atoms. The van der Waals surface area contributed by atoms with Crippen LogP contribution in [0.1, 0.15) is 25.3 Å². The number of benzene rings is 1. The van der Waals surface area contributed by atoms with E-state index in [1.807, 2.05) is 0 Å². The largest absolute Gasteiger partial charge is 0.466 e. The molecule has 0 saturated heterocycles. The van der Waals surface area contributed by atoms with E-state index < -0.39 is 29.1 Å². The van der Waals surface area contributed by atoms with Gasteiger partial charge in [0.05, 0.1) is 6.61 Å². The molecule has 3 nitrogen and oxygen atoms in total. The van der Waals surface area contributed by atoms with Crippen LogP contribution in [0.3, 0.4) is 0 Å². The first kappa shape index (κ1) is 14.3. The van der Waals surface area contributed by atoms with Gasteiger partial charge in [0.15, 0.2) is 17.5 Å². The number of carbonyl (C=O) groups excluding carboxylic acids is 1. The number of rotatable bonds is 5. The number of ether oxygens (including phenoxy) is 1. The van der Waals surface area contributed by atoms with Gasteiger partial charge in [0, 0.05) is 6.42 Å². The molecule has 1 aromatic carbocycles. The molecule has 0 aromatic heterocycles. The second-order valence-electron chi connectivity index (χ2n) is 3.72. The van der Waals surface area contributed by atoms with Crippen LogP contribution in [0.4, 0.5) is 18.9 Å². The van der Waals surface area contributed by atoms with E-state index in [0.29, 0.717) is 0 Å². The van der Waals surface area contributed by atoms with Crippen molar-refractivity contribution in [2.75, 3.05) is 12.3 Å². The monoisotopic (exact) mass is 261 g/mol. The summed E-state index contributed by atoms with van der Waals surface area (Å²) in [7, 11) is 0. The Morgan fingerprint density at radius 2 is 2.00 bits per heavy atom. The van der Waals surface area contributed by atoms with E-state index in [0.717, 1.165) is 6.07 Å². The zero-order chi connectivity index (χ0) is 13.7. The molecule has 1 rings (SSSR count). The number of esters is 1. The Balaban J connectivity index is 2.66. The molecule has 0 atom stereocenters. The molecule has 18 heavy (non-hydrogen) atoms. The van der Waals surface area contributed by atoms with Gasteiger partial charge in [-0.1, -0.05) is 0 Å². The number of carbonyl (C=O) groups is 1. The summed E-state index contributed by atoms with van der Waals surface area (Å²) in [4.78, 5) is 11.0. The van der Waals surface area contributed by atoms with Gasteiger partial charge in [-0.2, -0.15) is 0 Å². The van der Waals surface area contributed by atoms with Gasteiger partial charge in [0.1, 0.15) is 5.69 Å². The van der Waals surface area contributed by atoms with Gasteiger partial charge in [-0.05, 0) is 31.4 Å². The number of anilines is 1. The lowest BCUT2D eigenvalue weighted by atomic mass is 10.1. The van der Waals surface area contributed by atoms with Crippen LogP contribution in [0.25, 0.3) is 0 Å². The average Bonchev–Trinajstić information content (AvgIpc) is 2.33. The van der Waals surface area contributed by atoms with Gasteiger partial charge in [-0.15, -0.1) is 0 Å². The molecule has 0 unspecified atom stereocenters. The number of nitrogen functional groups attached to an aromatic ring is 1. The topological polar surface area (TPSA) is 52.3 Å². The molecule has 1 aromatic rings. The second-order valence-corrected chi connectivity index (χ2v) is 3.72. The molecule has 100 valence electrons. The van der Waals surface area contributed by atoms with Crippen LogP contribution in [0.15, 0.2) is 6.07 Å². The van der Waals surface area contributed by atoms with Crippen LogP contribution < -0.4 is 5.73 Å². The Morgan fingerprint density at radius 1 is 1.33 bits per heavy atom. The van der Waals surface area contributed by atoms with Crippen LogP contribution in [-0.4, -0.2) is 12.6 Å². The molecule has 0 bridgehead atoms. The first-order valence-electron chi connectivity index (χ1n) is 5.54. The van der Waals surface area contributed by atoms with E-state index in [-0.39, 0.29) is 31.4 Å². The Labute approximate surface area is 103 Å². The Bertz CT molecular complexity index is 449. The second kappa shape index (κ2) is 6.28. The van der Waals surface area contributed by atoms with E-state index in [4.69, 9.17) is 5.73 Å². The summed E-state index contributed by atoms with van der Waals surface area (Å²) in [6.07, 6.45) is 0.457. The minimum atomic E-state index is -1.39. The van der Waals surface area contributed by atoms with Gasteiger partial charge in [0.25, 0.3) is 0 Å². The van der Waals surface area contributed by atoms with E-state index in [1.54, 1.807) is 6.92 Å². The third-order valence-corrected chi connectivity index (χ3v) is 2.40. The van der Waals surface area contributed by atoms with E-state index in [1.165, 1.54) is 0 Å². The van der Waals surface area contributed by atoms with Crippen molar-refractivity contribution in [1.82, 2.24) is 0 Å². The SMILES string of the molecule is CCOC(=O)CCCc1cc(F)c(F)c(N)c1F. The van der Waals surface area contributed by atoms with E-state index in [9.17, 15) is 18.0 Å². The molecule has 0 radical (unpaired) electrons. The summed E-state index contributed by atoms with van der Waals surface area (Å²) >= 11 is 0. The molecule has 6 heteroatoms. The summed E-state index contributed by atoms with van der Waals surface area (Å²) in [6, 6.07) is 0.756. The molecule has 0 aliphatic carbocycles. The van der Waals surface area contributed by atoms with E-state index >= 15 is 0 Å². The lowest BCUT2D eigenvalue weighted by molar-refractivity contribution is -0.143. The highest BCUT2D eigenvalue weighted by molar-refractivity contribution is 5.69. The average molecular weight is 261 g/mol. The molecule has 2 N–H and O–H groups in total. The fraction of sp³-hybridized carbons (Fsp3) is 0.417. The fourth-order valence-corrected chi connectivity index (χ4v) is 1.52. The molecule has 0 fully saturated rings. The minimum Gasteiger partial charge on any atom is -0.466 e. The van der Waals surface area contributed by atoms with Crippen molar-refractivity contribution < 1.29 is 22.7 Å². The normalized spacial score (nSPS) is 10.4. The van der Waals surface area contributed by atoms with Crippen LogP contribution in [0.5, 0.6) is 0 Å². The number of hydrogen-bond donors (Lipinski definition) is 1. The predicted molar refractivity (Wildman–Crippen MR) is 60.3 cm³/mol. The van der Waals surface area contributed by atoms with Gasteiger partial charge in [0.2, 0.25) is 0 Å². The molecule has 0 heterocycles. The summed E-state index contributed by atoms with van der Waals surface area (Å²) in [6.45, 7) is 1.94. The van der Waals surface area contributed by atoms with Crippen molar-refractivity contribution in [3.63, 3.8) is 0 Å². The van der Waals surface area contributed by atoms with Crippen LogP contribution >= 0.6 is 0 Å². The highest BCUT2D eigenvalue weighted by Gasteiger charge is 2.16. The first-order valence-corrected chi connectivity index (χ1v) is 5.54. The molecular weight excluding hydrogens is 247 g/mol. The molecule has 0 aliphatic heterocycles. The van der Waals surface area contributed by atoms with Gasteiger partial charge in [-0.3, -0.25) is 4.79 Å². The van der Waals surface area contributed by atoms with Crippen molar-refractivity contribution in [2.45, 2.75) is 26.2 Å². The van der Waals surface area contributed by atoms with E-state index in [2.05, 4.69) is 4.74 Å². The number of halogens is 3. The highest BCUT2D eigenvalue weighted by atomic mass is 19.2. The van der Waals surface area contributed by atoms with Crippen molar-refractivity contribution in [2.24, 2.45) is 0 Å². The maximum atomic E-state index is 13.5. The molecule has 0 saturated carbocycles. The Morgan fingerprint density at radius 3 is 2.61 bits per heavy atom. The summed E-state index contributed by atoms with van der Waals surface area (Å²) in [5.74, 6) is -3.96. The third-order valence-electron chi connectivity index (χ3n) is 2.40. The lowest BCUT2D eigenvalue weighted by Gasteiger charge is -2.07. The zero-order valence-electron chi connectivity index (χ0n) is 9.93. The number of hydrogen-bond acceptors (Lipinski definition) is 3. The molecule has 0 aliphatic rings. The number of aryl methyl sites for hydroxylation is 1. The quantitative estimate of drug-likeness (QED) is 0.503. The lowest BCUT2D eigenvalue weighted by Crippen LogP contribution is -2.06. The van der Waals surface area contributed by atoms with Crippen molar-refractivity contribution in [3.8, 4) is 0 Å². The first-order chi connectivity index (χ1) is 8.47. The van der Waals surface area contributed by atoms with Crippen molar-refractivity contribution >= 4 is 11.7 Å². The Hall–Kier alpha value is -1.72. The van der Waals surface area contributed by atoms with Crippen LogP contribution in [-0.2, 0) is 16.0 Å².